The number of hydrogen-bond acceptors (Lipinski definition) is 4. The van der Waals surface area contributed by atoms with Crippen molar-refractivity contribution in [2.24, 2.45) is 7.05 Å². The summed E-state index contributed by atoms with van der Waals surface area (Å²) in [7, 11) is 1.73. The van der Waals surface area contributed by atoms with Crippen molar-refractivity contribution in [3.63, 3.8) is 0 Å². The number of pyridine rings is 1. The summed E-state index contributed by atoms with van der Waals surface area (Å²) in [6, 6.07) is 1.49. The number of aromatic nitrogens is 4. The first kappa shape index (κ1) is 12.0. The highest BCUT2D eigenvalue weighted by molar-refractivity contribution is 6.36. The topological polar surface area (TPSA) is 60.7 Å². The number of nitrogens with zero attached hydrogens (tertiary/aromatic N) is 4. The predicted molar refractivity (Wildman–Crippen MR) is 63.3 cm³/mol. The second kappa shape index (κ2) is 4.81. The van der Waals surface area contributed by atoms with Gasteiger partial charge in [-0.25, -0.2) is 4.98 Å². The van der Waals surface area contributed by atoms with E-state index in [9.17, 15) is 4.79 Å². The van der Waals surface area contributed by atoms with Crippen molar-refractivity contribution >= 4 is 29.0 Å². The van der Waals surface area contributed by atoms with Gasteiger partial charge in [0.2, 0.25) is 0 Å². The summed E-state index contributed by atoms with van der Waals surface area (Å²) in [6.07, 6.45) is 3.17. The highest BCUT2D eigenvalue weighted by Crippen LogP contribution is 2.19. The molecule has 5 nitrogen and oxygen atoms in total. The lowest BCUT2D eigenvalue weighted by atomic mass is 10.1. The Kier molecular flexibility index (Phi) is 3.40. The van der Waals surface area contributed by atoms with Crippen LogP contribution in [-0.2, 0) is 13.5 Å². The molecule has 88 valence electrons. The van der Waals surface area contributed by atoms with Crippen LogP contribution in [0.2, 0.25) is 10.0 Å². The molecule has 0 radical (unpaired) electrons. The quantitative estimate of drug-likeness (QED) is 0.800. The molecule has 0 bridgehead atoms. The highest BCUT2D eigenvalue weighted by Gasteiger charge is 2.14. The van der Waals surface area contributed by atoms with Crippen molar-refractivity contribution in [3.8, 4) is 0 Å². The second-order valence-electron chi connectivity index (χ2n) is 3.47. The summed E-state index contributed by atoms with van der Waals surface area (Å²) in [5.74, 6) is -0.216. The first-order valence-corrected chi connectivity index (χ1v) is 5.51. The number of carbonyl (C=O) groups excluding carboxylic acids is 1. The fraction of sp³-hybridized carbons (Fsp3) is 0.200. The molecule has 0 saturated carbocycles. The minimum Gasteiger partial charge on any atom is -0.292 e. The summed E-state index contributed by atoms with van der Waals surface area (Å²) in [5.41, 5.74) is 0.770. The van der Waals surface area contributed by atoms with Gasteiger partial charge in [0, 0.05) is 19.4 Å². The molecule has 0 unspecified atom stereocenters. The SMILES string of the molecule is Cn1cc(CC(=O)c2ncc(Cl)cc2Cl)nn1. The van der Waals surface area contributed by atoms with E-state index in [-0.39, 0.29) is 22.9 Å². The van der Waals surface area contributed by atoms with Gasteiger partial charge in [0.25, 0.3) is 0 Å². The Hall–Kier alpha value is -1.46. The van der Waals surface area contributed by atoms with Crippen LogP contribution in [0, 0.1) is 0 Å². The van der Waals surface area contributed by atoms with Crippen LogP contribution >= 0.6 is 23.2 Å². The lowest BCUT2D eigenvalue weighted by Gasteiger charge is -2.00. The lowest BCUT2D eigenvalue weighted by molar-refractivity contribution is 0.0987. The van der Waals surface area contributed by atoms with Gasteiger partial charge in [-0.05, 0) is 6.07 Å². The van der Waals surface area contributed by atoms with Crippen molar-refractivity contribution in [1.82, 2.24) is 20.0 Å². The normalized spacial score (nSPS) is 10.5. The zero-order chi connectivity index (χ0) is 12.4. The Morgan fingerprint density at radius 3 is 2.82 bits per heavy atom. The summed E-state index contributed by atoms with van der Waals surface area (Å²) in [5, 5.41) is 8.20. The Morgan fingerprint density at radius 1 is 1.47 bits per heavy atom. The number of rotatable bonds is 3. The Balaban J connectivity index is 2.20. The fourth-order valence-corrected chi connectivity index (χ4v) is 1.83. The molecule has 2 heterocycles. The van der Waals surface area contributed by atoms with Gasteiger partial charge < -0.3 is 0 Å². The lowest BCUT2D eigenvalue weighted by Crippen LogP contribution is -2.07. The maximum atomic E-state index is 11.9. The van der Waals surface area contributed by atoms with Gasteiger partial charge in [-0.2, -0.15) is 0 Å². The number of halogens is 2. The molecule has 2 aromatic heterocycles. The van der Waals surface area contributed by atoms with E-state index in [1.807, 2.05) is 0 Å². The number of Topliss-reactive ketones (excluding diaryl/α,β-unsaturated/α-hetero) is 1. The third-order valence-corrected chi connectivity index (χ3v) is 2.56. The molecule has 2 rings (SSSR count). The van der Waals surface area contributed by atoms with Crippen molar-refractivity contribution in [2.75, 3.05) is 0 Å². The van der Waals surface area contributed by atoms with Gasteiger partial charge in [0.1, 0.15) is 5.69 Å². The molecule has 7 heteroatoms. The maximum Gasteiger partial charge on any atom is 0.188 e. The van der Waals surface area contributed by atoms with Crippen LogP contribution in [0.15, 0.2) is 18.5 Å². The Labute approximate surface area is 107 Å². The summed E-state index contributed by atoms with van der Waals surface area (Å²) in [6.45, 7) is 0. The molecular formula is C10H8Cl2N4O. The average Bonchev–Trinajstić information content (AvgIpc) is 2.63. The van der Waals surface area contributed by atoms with Crippen LogP contribution in [0.1, 0.15) is 16.2 Å². The van der Waals surface area contributed by atoms with Crippen LogP contribution in [0.4, 0.5) is 0 Å². The molecule has 0 spiro atoms. The summed E-state index contributed by atoms with van der Waals surface area (Å²) >= 11 is 11.6. The van der Waals surface area contributed by atoms with E-state index in [1.54, 1.807) is 13.2 Å². The second-order valence-corrected chi connectivity index (χ2v) is 4.31. The Bertz CT molecular complexity index is 567. The van der Waals surface area contributed by atoms with E-state index in [0.29, 0.717) is 10.7 Å². The van der Waals surface area contributed by atoms with E-state index < -0.39 is 0 Å². The third-order valence-electron chi connectivity index (χ3n) is 2.06. The monoisotopic (exact) mass is 270 g/mol. The Morgan fingerprint density at radius 2 is 2.24 bits per heavy atom. The predicted octanol–water partition coefficient (Wildman–Crippen LogP) is 1.94. The van der Waals surface area contributed by atoms with Gasteiger partial charge in [-0.1, -0.05) is 28.4 Å². The highest BCUT2D eigenvalue weighted by atomic mass is 35.5. The van der Waals surface area contributed by atoms with E-state index in [1.165, 1.54) is 16.9 Å². The zero-order valence-electron chi connectivity index (χ0n) is 8.89. The molecule has 0 N–H and O–H groups in total. The first-order chi connectivity index (χ1) is 8.06. The van der Waals surface area contributed by atoms with Gasteiger partial charge in [-0.15, -0.1) is 5.10 Å². The number of ketones is 1. The number of aryl methyl sites for hydroxylation is 1. The third kappa shape index (κ3) is 2.81. The molecule has 0 atom stereocenters. The van der Waals surface area contributed by atoms with Crippen LogP contribution < -0.4 is 0 Å². The molecule has 2 aromatic rings. The standard InChI is InChI=1S/C10H8Cl2N4O/c1-16-5-7(14-15-16)3-9(17)10-8(12)2-6(11)4-13-10/h2,4-5H,3H2,1H3. The average molecular weight is 271 g/mol. The summed E-state index contributed by atoms with van der Waals surface area (Å²) in [4.78, 5) is 15.8. The minimum absolute atomic E-state index is 0.113. The van der Waals surface area contributed by atoms with Gasteiger partial charge >= 0.3 is 0 Å². The molecule has 17 heavy (non-hydrogen) atoms. The molecule has 0 aliphatic carbocycles. The zero-order valence-corrected chi connectivity index (χ0v) is 10.4. The van der Waals surface area contributed by atoms with E-state index >= 15 is 0 Å². The summed E-state index contributed by atoms with van der Waals surface area (Å²) < 4.78 is 1.53. The largest absolute Gasteiger partial charge is 0.292 e. The van der Waals surface area contributed by atoms with Gasteiger partial charge in [0.05, 0.1) is 22.2 Å². The van der Waals surface area contributed by atoms with E-state index in [4.69, 9.17) is 23.2 Å². The van der Waals surface area contributed by atoms with Crippen molar-refractivity contribution in [1.29, 1.82) is 0 Å². The van der Waals surface area contributed by atoms with E-state index in [2.05, 4.69) is 15.3 Å². The smallest absolute Gasteiger partial charge is 0.188 e. The fourth-order valence-electron chi connectivity index (χ4n) is 1.34. The number of hydrogen-bond donors (Lipinski definition) is 0. The van der Waals surface area contributed by atoms with Crippen LogP contribution in [0.5, 0.6) is 0 Å². The van der Waals surface area contributed by atoms with E-state index in [0.717, 1.165) is 0 Å². The molecule has 0 aromatic carbocycles. The molecule has 0 fully saturated rings. The minimum atomic E-state index is -0.216. The van der Waals surface area contributed by atoms with Crippen LogP contribution in [-0.4, -0.2) is 25.8 Å². The first-order valence-electron chi connectivity index (χ1n) is 4.75. The van der Waals surface area contributed by atoms with Crippen molar-refractivity contribution < 1.29 is 4.79 Å². The van der Waals surface area contributed by atoms with Crippen LogP contribution in [0.3, 0.4) is 0 Å². The van der Waals surface area contributed by atoms with Crippen LogP contribution in [0.25, 0.3) is 0 Å². The van der Waals surface area contributed by atoms with Gasteiger partial charge in [0.15, 0.2) is 5.78 Å². The van der Waals surface area contributed by atoms with Crippen molar-refractivity contribution in [2.45, 2.75) is 6.42 Å². The molecule has 0 aliphatic heterocycles. The van der Waals surface area contributed by atoms with Crippen molar-refractivity contribution in [3.05, 3.63) is 39.9 Å². The molecule has 0 aliphatic rings. The molecule has 0 amide bonds. The number of carbonyl (C=O) groups is 1. The molecular weight excluding hydrogens is 263 g/mol. The molecule has 0 saturated heterocycles. The maximum absolute atomic E-state index is 11.9. The van der Waals surface area contributed by atoms with Gasteiger partial charge in [-0.3, -0.25) is 9.48 Å².